The van der Waals surface area contributed by atoms with E-state index in [0.717, 1.165) is 0 Å². The van der Waals surface area contributed by atoms with E-state index in [4.69, 9.17) is 13.9 Å². The number of benzene rings is 2. The molecule has 0 N–H and O–H groups in total. The van der Waals surface area contributed by atoms with Crippen LogP contribution in [0.2, 0.25) is 0 Å². The lowest BCUT2D eigenvalue weighted by Gasteiger charge is -2.09. The largest absolute Gasteiger partial charge is 0.493 e. The number of hydrogen-bond donors (Lipinski definition) is 0. The third kappa shape index (κ3) is 2.89. The molecule has 0 saturated carbocycles. The minimum Gasteiger partial charge on any atom is -0.493 e. The molecule has 0 amide bonds. The van der Waals surface area contributed by atoms with Crippen molar-refractivity contribution in [3.8, 4) is 23.0 Å². The Hall–Kier alpha value is -3.42. The standard InChI is InChI=1S/C17H14N2O6/c1-9-6-10(4-5-13(9)19(21)22)16-18-12-8-15(24-3)14(23-2)7-11(12)17(20)25-16/h4-8H,1-3H3. The van der Waals surface area contributed by atoms with E-state index in [9.17, 15) is 14.9 Å². The summed E-state index contributed by atoms with van der Waals surface area (Å²) in [5, 5.41) is 11.2. The summed E-state index contributed by atoms with van der Waals surface area (Å²) >= 11 is 0. The van der Waals surface area contributed by atoms with Crippen molar-refractivity contribution in [1.82, 2.24) is 4.98 Å². The Morgan fingerprint density at radius 3 is 2.40 bits per heavy atom. The normalized spacial score (nSPS) is 10.7. The van der Waals surface area contributed by atoms with Crippen molar-refractivity contribution in [2.75, 3.05) is 14.2 Å². The van der Waals surface area contributed by atoms with Crippen molar-refractivity contribution in [3.63, 3.8) is 0 Å². The van der Waals surface area contributed by atoms with Gasteiger partial charge in [0.15, 0.2) is 11.5 Å². The summed E-state index contributed by atoms with van der Waals surface area (Å²) in [7, 11) is 2.95. The summed E-state index contributed by atoms with van der Waals surface area (Å²) in [6, 6.07) is 7.47. The molecule has 8 heteroatoms. The quantitative estimate of drug-likeness (QED) is 0.530. The minimum atomic E-state index is -0.586. The summed E-state index contributed by atoms with van der Waals surface area (Å²) < 4.78 is 15.7. The summed E-state index contributed by atoms with van der Waals surface area (Å²) in [6.07, 6.45) is 0. The summed E-state index contributed by atoms with van der Waals surface area (Å²) in [4.78, 5) is 27.1. The Morgan fingerprint density at radius 1 is 1.12 bits per heavy atom. The number of ether oxygens (including phenoxy) is 2. The van der Waals surface area contributed by atoms with E-state index in [2.05, 4.69) is 4.98 Å². The number of rotatable bonds is 4. The van der Waals surface area contributed by atoms with Gasteiger partial charge in [-0.2, -0.15) is 0 Å². The van der Waals surface area contributed by atoms with E-state index in [1.807, 2.05) is 0 Å². The molecule has 0 radical (unpaired) electrons. The highest BCUT2D eigenvalue weighted by molar-refractivity contribution is 5.82. The van der Waals surface area contributed by atoms with Crippen LogP contribution in [0.1, 0.15) is 5.56 Å². The van der Waals surface area contributed by atoms with E-state index in [1.54, 1.807) is 19.1 Å². The second-order valence-corrected chi connectivity index (χ2v) is 5.29. The Morgan fingerprint density at radius 2 is 1.80 bits per heavy atom. The van der Waals surface area contributed by atoms with Gasteiger partial charge in [-0.05, 0) is 19.1 Å². The zero-order chi connectivity index (χ0) is 18.1. The molecule has 0 saturated heterocycles. The monoisotopic (exact) mass is 342 g/mol. The average molecular weight is 342 g/mol. The molecule has 0 spiro atoms. The third-order valence-corrected chi connectivity index (χ3v) is 3.77. The van der Waals surface area contributed by atoms with Gasteiger partial charge < -0.3 is 13.9 Å². The molecule has 0 bridgehead atoms. The van der Waals surface area contributed by atoms with Gasteiger partial charge in [-0.15, -0.1) is 0 Å². The fourth-order valence-electron chi connectivity index (χ4n) is 2.52. The predicted octanol–water partition coefficient (Wildman–Crippen LogP) is 3.09. The molecule has 0 atom stereocenters. The van der Waals surface area contributed by atoms with E-state index in [1.165, 1.54) is 32.4 Å². The van der Waals surface area contributed by atoms with E-state index >= 15 is 0 Å². The number of aromatic nitrogens is 1. The number of hydrogen-bond acceptors (Lipinski definition) is 7. The van der Waals surface area contributed by atoms with Gasteiger partial charge in [0.2, 0.25) is 5.89 Å². The average Bonchev–Trinajstić information content (AvgIpc) is 2.60. The first-order valence-corrected chi connectivity index (χ1v) is 7.27. The van der Waals surface area contributed by atoms with Crippen LogP contribution in [0.3, 0.4) is 0 Å². The maximum atomic E-state index is 12.3. The molecule has 2 aromatic carbocycles. The van der Waals surface area contributed by atoms with Crippen molar-refractivity contribution < 1.29 is 18.8 Å². The molecule has 3 aromatic rings. The maximum Gasteiger partial charge on any atom is 0.347 e. The highest BCUT2D eigenvalue weighted by Crippen LogP contribution is 2.31. The smallest absolute Gasteiger partial charge is 0.347 e. The Kier molecular flexibility index (Phi) is 4.10. The lowest BCUT2D eigenvalue weighted by Crippen LogP contribution is -2.04. The van der Waals surface area contributed by atoms with E-state index < -0.39 is 10.5 Å². The summed E-state index contributed by atoms with van der Waals surface area (Å²) in [5.41, 5.74) is 0.686. The molecule has 3 rings (SSSR count). The zero-order valence-electron chi connectivity index (χ0n) is 13.7. The van der Waals surface area contributed by atoms with E-state index in [-0.39, 0.29) is 17.0 Å². The second kappa shape index (κ2) is 6.23. The number of nitro groups is 1. The van der Waals surface area contributed by atoms with Gasteiger partial charge in [-0.25, -0.2) is 9.78 Å². The highest BCUT2D eigenvalue weighted by Gasteiger charge is 2.16. The fraction of sp³-hybridized carbons (Fsp3) is 0.176. The van der Waals surface area contributed by atoms with Gasteiger partial charge in [-0.3, -0.25) is 10.1 Å². The zero-order valence-corrected chi connectivity index (χ0v) is 13.7. The van der Waals surface area contributed by atoms with Crippen molar-refractivity contribution >= 4 is 16.6 Å². The summed E-state index contributed by atoms with van der Waals surface area (Å²) in [5.74, 6) is 0.893. The van der Waals surface area contributed by atoms with Crippen LogP contribution in [0.15, 0.2) is 39.5 Å². The van der Waals surface area contributed by atoms with Gasteiger partial charge >= 0.3 is 5.63 Å². The third-order valence-electron chi connectivity index (χ3n) is 3.77. The second-order valence-electron chi connectivity index (χ2n) is 5.29. The van der Waals surface area contributed by atoms with Crippen molar-refractivity contribution in [1.29, 1.82) is 0 Å². The molecule has 0 aliphatic heterocycles. The van der Waals surface area contributed by atoms with Crippen molar-refractivity contribution in [2.45, 2.75) is 6.92 Å². The molecule has 0 fully saturated rings. The van der Waals surface area contributed by atoms with Gasteiger partial charge in [-0.1, -0.05) is 0 Å². The van der Waals surface area contributed by atoms with Gasteiger partial charge in [0.1, 0.15) is 0 Å². The first kappa shape index (κ1) is 16.4. The lowest BCUT2D eigenvalue weighted by atomic mass is 10.1. The Labute approximate surface area is 141 Å². The number of aryl methyl sites for hydroxylation is 1. The molecule has 0 aliphatic rings. The Bertz CT molecular complexity index is 1040. The van der Waals surface area contributed by atoms with Crippen LogP contribution in [-0.2, 0) is 0 Å². The van der Waals surface area contributed by atoms with Crippen LogP contribution in [0, 0.1) is 17.0 Å². The Balaban J connectivity index is 2.20. The van der Waals surface area contributed by atoms with Crippen LogP contribution in [0.4, 0.5) is 5.69 Å². The lowest BCUT2D eigenvalue weighted by molar-refractivity contribution is -0.385. The molecule has 128 valence electrons. The van der Waals surface area contributed by atoms with Gasteiger partial charge in [0.05, 0.1) is 30.0 Å². The molecule has 1 aromatic heterocycles. The van der Waals surface area contributed by atoms with Crippen LogP contribution in [0.5, 0.6) is 11.5 Å². The maximum absolute atomic E-state index is 12.3. The fourth-order valence-corrected chi connectivity index (χ4v) is 2.52. The van der Waals surface area contributed by atoms with E-state index in [0.29, 0.717) is 28.1 Å². The highest BCUT2D eigenvalue weighted by atomic mass is 16.6. The molecule has 8 nitrogen and oxygen atoms in total. The molecular formula is C17H14N2O6. The summed E-state index contributed by atoms with van der Waals surface area (Å²) in [6.45, 7) is 1.61. The van der Waals surface area contributed by atoms with Crippen LogP contribution >= 0.6 is 0 Å². The van der Waals surface area contributed by atoms with Crippen molar-refractivity contribution in [3.05, 3.63) is 56.4 Å². The first-order chi connectivity index (χ1) is 11.9. The number of nitro benzene ring substituents is 1. The van der Waals surface area contributed by atoms with Crippen LogP contribution < -0.4 is 15.1 Å². The SMILES string of the molecule is COc1cc2nc(-c3ccc([N+](=O)[O-])c(C)c3)oc(=O)c2cc1OC. The molecule has 25 heavy (non-hydrogen) atoms. The van der Waals surface area contributed by atoms with Crippen LogP contribution in [-0.4, -0.2) is 24.1 Å². The topological polar surface area (TPSA) is 105 Å². The molecule has 0 aliphatic carbocycles. The van der Waals surface area contributed by atoms with Crippen molar-refractivity contribution in [2.24, 2.45) is 0 Å². The number of fused-ring (bicyclic) bond motifs is 1. The molecular weight excluding hydrogens is 328 g/mol. The number of nitrogens with zero attached hydrogens (tertiary/aromatic N) is 2. The minimum absolute atomic E-state index is 0.0155. The molecule has 1 heterocycles. The van der Waals surface area contributed by atoms with Crippen LogP contribution in [0.25, 0.3) is 22.4 Å². The number of methoxy groups -OCH3 is 2. The van der Waals surface area contributed by atoms with Gasteiger partial charge in [0.25, 0.3) is 5.69 Å². The predicted molar refractivity (Wildman–Crippen MR) is 90.2 cm³/mol. The van der Waals surface area contributed by atoms with Gasteiger partial charge in [0, 0.05) is 29.3 Å². The molecule has 0 unspecified atom stereocenters. The first-order valence-electron chi connectivity index (χ1n) is 7.27.